The van der Waals surface area contributed by atoms with Gasteiger partial charge in [0.2, 0.25) is 0 Å². The van der Waals surface area contributed by atoms with Crippen molar-refractivity contribution in [2.45, 2.75) is 18.9 Å². The smallest absolute Gasteiger partial charge is 0.309 e. The van der Waals surface area contributed by atoms with E-state index in [9.17, 15) is 9.59 Å². The van der Waals surface area contributed by atoms with Crippen LogP contribution in [0, 0.1) is 0 Å². The van der Waals surface area contributed by atoms with Crippen LogP contribution in [0.15, 0.2) is 47.1 Å². The Balaban J connectivity index is 1.67. The minimum absolute atomic E-state index is 0.0309. The van der Waals surface area contributed by atoms with Crippen LogP contribution in [0.4, 0.5) is 5.69 Å². The van der Waals surface area contributed by atoms with E-state index >= 15 is 0 Å². The molecule has 1 aromatic heterocycles. The maximum absolute atomic E-state index is 12.0. The minimum Gasteiger partial charge on any atom is -0.467 e. The van der Waals surface area contributed by atoms with Gasteiger partial charge in [-0.05, 0) is 36.6 Å². The summed E-state index contributed by atoms with van der Waals surface area (Å²) in [5, 5.41) is 13.9. The van der Waals surface area contributed by atoms with Crippen molar-refractivity contribution >= 4 is 17.5 Å². The summed E-state index contributed by atoms with van der Waals surface area (Å²) in [5.41, 5.74) is 2.38. The number of hydrogen-bond donors (Lipinski definition) is 3. The summed E-state index contributed by atoms with van der Waals surface area (Å²) >= 11 is 0. The fourth-order valence-electron chi connectivity index (χ4n) is 3.16. The third kappa shape index (κ3) is 4.05. The molecule has 7 nitrogen and oxygen atoms in total. The van der Waals surface area contributed by atoms with Crippen molar-refractivity contribution in [2.24, 2.45) is 0 Å². The van der Waals surface area contributed by atoms with E-state index in [1.165, 1.54) is 5.56 Å². The highest BCUT2D eigenvalue weighted by Gasteiger charge is 2.29. The molecule has 3 rings (SSSR count). The average Bonchev–Trinajstić information content (AvgIpc) is 3.32. The van der Waals surface area contributed by atoms with Crippen LogP contribution in [0.2, 0.25) is 0 Å². The van der Waals surface area contributed by atoms with Gasteiger partial charge in [0, 0.05) is 31.9 Å². The zero-order valence-corrected chi connectivity index (χ0v) is 14.5. The summed E-state index contributed by atoms with van der Waals surface area (Å²) in [6.45, 7) is 1.32. The third-order valence-electron chi connectivity index (χ3n) is 4.45. The molecule has 7 heteroatoms. The van der Waals surface area contributed by atoms with Gasteiger partial charge in [0.15, 0.2) is 0 Å². The van der Waals surface area contributed by atoms with Crippen molar-refractivity contribution in [1.82, 2.24) is 10.6 Å². The van der Waals surface area contributed by atoms with E-state index < -0.39 is 11.8 Å². The van der Waals surface area contributed by atoms with E-state index in [-0.39, 0.29) is 25.7 Å². The van der Waals surface area contributed by atoms with Crippen LogP contribution < -0.4 is 15.5 Å². The molecule has 2 heterocycles. The highest BCUT2D eigenvalue weighted by molar-refractivity contribution is 6.35. The monoisotopic (exact) mass is 357 g/mol. The summed E-state index contributed by atoms with van der Waals surface area (Å²) in [6, 6.07) is 11.7. The van der Waals surface area contributed by atoms with Crippen LogP contribution in [0.1, 0.15) is 23.8 Å². The van der Waals surface area contributed by atoms with Gasteiger partial charge in [0.25, 0.3) is 0 Å². The van der Waals surface area contributed by atoms with E-state index in [0.29, 0.717) is 6.42 Å². The quantitative estimate of drug-likeness (QED) is 0.508. The normalized spacial score (nSPS) is 14.0. The van der Waals surface area contributed by atoms with Gasteiger partial charge in [-0.3, -0.25) is 9.59 Å². The van der Waals surface area contributed by atoms with Crippen LogP contribution >= 0.6 is 0 Å². The number of benzene rings is 1. The number of aliphatic hydroxyl groups is 1. The summed E-state index contributed by atoms with van der Waals surface area (Å²) < 4.78 is 5.57. The second kappa shape index (κ2) is 8.53. The number of nitrogens with zero attached hydrogens (tertiary/aromatic N) is 1. The Morgan fingerprint density at radius 2 is 1.96 bits per heavy atom. The number of aliphatic hydroxyl groups excluding tert-OH is 1. The highest BCUT2D eigenvalue weighted by Crippen LogP contribution is 2.34. The van der Waals surface area contributed by atoms with Crippen LogP contribution in [0.25, 0.3) is 0 Å². The van der Waals surface area contributed by atoms with E-state index in [1.807, 2.05) is 24.3 Å². The lowest BCUT2D eigenvalue weighted by atomic mass is 10.1. The van der Waals surface area contributed by atoms with Crippen LogP contribution in [0.3, 0.4) is 0 Å². The van der Waals surface area contributed by atoms with Crippen molar-refractivity contribution < 1.29 is 19.1 Å². The lowest BCUT2D eigenvalue weighted by Crippen LogP contribution is -2.44. The fraction of sp³-hybridized carbons (Fsp3) is 0.368. The number of fused-ring (bicyclic) bond motifs is 1. The Labute approximate surface area is 152 Å². The second-order valence-electron chi connectivity index (χ2n) is 6.15. The van der Waals surface area contributed by atoms with Gasteiger partial charge in [-0.2, -0.15) is 0 Å². The van der Waals surface area contributed by atoms with Crippen molar-refractivity contribution in [3.63, 3.8) is 0 Å². The first-order valence-corrected chi connectivity index (χ1v) is 8.75. The van der Waals surface area contributed by atoms with Crippen LogP contribution in [-0.4, -0.2) is 43.2 Å². The van der Waals surface area contributed by atoms with E-state index in [4.69, 9.17) is 9.52 Å². The molecule has 2 amide bonds. The number of amides is 2. The van der Waals surface area contributed by atoms with Gasteiger partial charge in [-0.25, -0.2) is 0 Å². The molecule has 138 valence electrons. The Morgan fingerprint density at radius 3 is 2.73 bits per heavy atom. The maximum atomic E-state index is 12.0. The molecular formula is C19H23N3O4. The first kappa shape index (κ1) is 18.0. The molecule has 2 aromatic rings. The Bertz CT molecular complexity index is 745. The van der Waals surface area contributed by atoms with Gasteiger partial charge in [0.1, 0.15) is 11.8 Å². The molecule has 3 N–H and O–H groups in total. The Morgan fingerprint density at radius 1 is 1.15 bits per heavy atom. The SMILES string of the molecule is O=C(NCCCO)C(=O)NCC(c1ccco1)N1CCc2ccccc21. The van der Waals surface area contributed by atoms with Gasteiger partial charge in [-0.1, -0.05) is 18.2 Å². The van der Waals surface area contributed by atoms with Gasteiger partial charge < -0.3 is 25.1 Å². The molecule has 0 spiro atoms. The van der Waals surface area contributed by atoms with E-state index in [1.54, 1.807) is 6.26 Å². The molecule has 1 aromatic carbocycles. The van der Waals surface area contributed by atoms with Crippen molar-refractivity contribution in [2.75, 3.05) is 31.1 Å². The molecule has 1 aliphatic rings. The molecule has 0 saturated heterocycles. The van der Waals surface area contributed by atoms with Crippen molar-refractivity contribution in [3.05, 3.63) is 54.0 Å². The van der Waals surface area contributed by atoms with Crippen molar-refractivity contribution in [1.29, 1.82) is 0 Å². The Kier molecular flexibility index (Phi) is 5.91. The predicted octanol–water partition coefficient (Wildman–Crippen LogP) is 0.998. The molecule has 1 unspecified atom stereocenters. The number of carbonyl (C=O) groups excluding carboxylic acids is 2. The zero-order chi connectivity index (χ0) is 18.4. The van der Waals surface area contributed by atoms with Gasteiger partial charge in [-0.15, -0.1) is 0 Å². The van der Waals surface area contributed by atoms with Gasteiger partial charge in [0.05, 0.1) is 6.26 Å². The lowest BCUT2D eigenvalue weighted by molar-refractivity contribution is -0.139. The summed E-state index contributed by atoms with van der Waals surface area (Å²) in [5.74, 6) is -0.645. The number of nitrogens with one attached hydrogen (secondary N) is 2. The molecule has 1 atom stereocenters. The van der Waals surface area contributed by atoms with E-state index in [0.717, 1.165) is 24.4 Å². The van der Waals surface area contributed by atoms with Gasteiger partial charge >= 0.3 is 11.8 Å². The topological polar surface area (TPSA) is 94.8 Å². The van der Waals surface area contributed by atoms with Crippen LogP contribution in [-0.2, 0) is 16.0 Å². The molecule has 0 radical (unpaired) electrons. The molecule has 26 heavy (non-hydrogen) atoms. The number of para-hydroxylation sites is 1. The van der Waals surface area contributed by atoms with Crippen molar-refractivity contribution in [3.8, 4) is 0 Å². The second-order valence-corrected chi connectivity index (χ2v) is 6.15. The standard InChI is InChI=1S/C19H23N3O4/c23-11-4-9-20-18(24)19(25)21-13-16(17-7-3-12-26-17)22-10-8-14-5-1-2-6-15(14)22/h1-3,5-7,12,16,23H,4,8-11,13H2,(H,20,24)(H,21,25). The third-order valence-corrected chi connectivity index (χ3v) is 4.45. The molecule has 0 fully saturated rings. The first-order valence-electron chi connectivity index (χ1n) is 8.75. The summed E-state index contributed by atoms with van der Waals surface area (Å²) in [4.78, 5) is 26.0. The largest absolute Gasteiger partial charge is 0.467 e. The first-order chi connectivity index (χ1) is 12.7. The summed E-state index contributed by atoms with van der Waals surface area (Å²) in [7, 11) is 0. The highest BCUT2D eigenvalue weighted by atomic mass is 16.3. The minimum atomic E-state index is -0.696. The fourth-order valence-corrected chi connectivity index (χ4v) is 3.16. The number of rotatable bonds is 7. The molecular weight excluding hydrogens is 334 g/mol. The molecule has 1 aliphatic heterocycles. The number of anilines is 1. The maximum Gasteiger partial charge on any atom is 0.309 e. The zero-order valence-electron chi connectivity index (χ0n) is 14.5. The molecule has 0 bridgehead atoms. The van der Waals surface area contributed by atoms with Crippen LogP contribution in [0.5, 0.6) is 0 Å². The molecule has 0 saturated carbocycles. The number of carbonyl (C=O) groups is 2. The summed E-state index contributed by atoms with van der Waals surface area (Å²) in [6.07, 6.45) is 2.95. The lowest BCUT2D eigenvalue weighted by Gasteiger charge is -2.29. The average molecular weight is 357 g/mol. The Hall–Kier alpha value is -2.80. The molecule has 0 aliphatic carbocycles. The van der Waals surface area contributed by atoms with E-state index in [2.05, 4.69) is 27.7 Å². The number of hydrogen-bond acceptors (Lipinski definition) is 5. The predicted molar refractivity (Wildman–Crippen MR) is 96.7 cm³/mol. The number of furan rings is 1.